The van der Waals surface area contributed by atoms with Gasteiger partial charge < -0.3 is 15.1 Å². The fraction of sp³-hybridized carbons (Fsp3) is 1.00. The molecule has 0 aromatic carbocycles. The first-order valence-corrected chi connectivity index (χ1v) is 7.30. The Balaban J connectivity index is 1.66. The fourth-order valence-corrected chi connectivity index (χ4v) is 3.24. The molecule has 3 nitrogen and oxygen atoms in total. The molecule has 100 valence electrons. The van der Waals surface area contributed by atoms with Gasteiger partial charge in [-0.05, 0) is 64.3 Å². The van der Waals surface area contributed by atoms with Crippen molar-refractivity contribution in [2.24, 2.45) is 5.41 Å². The highest BCUT2D eigenvalue weighted by Gasteiger charge is 2.27. The van der Waals surface area contributed by atoms with E-state index in [0.717, 1.165) is 0 Å². The Kier molecular flexibility index (Phi) is 4.83. The Labute approximate surface area is 107 Å². The van der Waals surface area contributed by atoms with Crippen LogP contribution in [0.25, 0.3) is 0 Å². The van der Waals surface area contributed by atoms with Crippen molar-refractivity contribution in [1.29, 1.82) is 0 Å². The van der Waals surface area contributed by atoms with Crippen LogP contribution in [-0.2, 0) is 0 Å². The molecule has 0 radical (unpaired) electrons. The first-order chi connectivity index (χ1) is 8.18. The predicted octanol–water partition coefficient (Wildman–Crippen LogP) is 1.40. The molecule has 2 fully saturated rings. The third-order valence-electron chi connectivity index (χ3n) is 4.46. The molecule has 1 N–H and O–H groups in total. The van der Waals surface area contributed by atoms with Crippen LogP contribution in [0.2, 0.25) is 0 Å². The molecule has 0 spiro atoms. The van der Waals surface area contributed by atoms with Gasteiger partial charge in [-0.25, -0.2) is 0 Å². The first-order valence-electron chi connectivity index (χ1n) is 7.30. The summed E-state index contributed by atoms with van der Waals surface area (Å²) in [5.41, 5.74) is 0.547. The van der Waals surface area contributed by atoms with E-state index in [0.29, 0.717) is 5.41 Å². The van der Waals surface area contributed by atoms with Gasteiger partial charge in [-0.1, -0.05) is 6.92 Å². The van der Waals surface area contributed by atoms with Crippen LogP contribution in [0, 0.1) is 5.41 Å². The first kappa shape index (κ1) is 13.3. The summed E-state index contributed by atoms with van der Waals surface area (Å²) in [6.45, 7) is 11.3. The number of nitrogens with zero attached hydrogens (tertiary/aromatic N) is 2. The lowest BCUT2D eigenvalue weighted by Gasteiger charge is -2.37. The number of piperidine rings is 1. The monoisotopic (exact) mass is 239 g/mol. The van der Waals surface area contributed by atoms with Crippen molar-refractivity contribution in [3.8, 4) is 0 Å². The number of hydrogen-bond acceptors (Lipinski definition) is 3. The van der Waals surface area contributed by atoms with Crippen LogP contribution < -0.4 is 5.32 Å². The van der Waals surface area contributed by atoms with Crippen molar-refractivity contribution >= 4 is 0 Å². The van der Waals surface area contributed by atoms with Crippen LogP contribution >= 0.6 is 0 Å². The van der Waals surface area contributed by atoms with E-state index in [1.807, 2.05) is 0 Å². The average molecular weight is 239 g/mol. The zero-order valence-electron chi connectivity index (χ0n) is 11.7. The van der Waals surface area contributed by atoms with E-state index >= 15 is 0 Å². The van der Waals surface area contributed by atoms with Gasteiger partial charge in [0.1, 0.15) is 0 Å². The maximum Gasteiger partial charge on any atom is 0.0109 e. The van der Waals surface area contributed by atoms with E-state index in [-0.39, 0.29) is 0 Å². The third kappa shape index (κ3) is 4.23. The normalized spacial score (nSPS) is 25.6. The summed E-state index contributed by atoms with van der Waals surface area (Å²) in [5.74, 6) is 0. The second-order valence-corrected chi connectivity index (χ2v) is 6.35. The number of nitrogens with one attached hydrogen (secondary N) is 1. The molecule has 0 bridgehead atoms. The maximum atomic E-state index is 3.46. The molecule has 0 amide bonds. The van der Waals surface area contributed by atoms with Gasteiger partial charge in [0.05, 0.1) is 0 Å². The number of likely N-dealkylation sites (tertiary alicyclic amines) is 1. The largest absolute Gasteiger partial charge is 0.317 e. The molecule has 0 saturated carbocycles. The molecular weight excluding hydrogens is 210 g/mol. The Morgan fingerprint density at radius 3 is 2.47 bits per heavy atom. The van der Waals surface area contributed by atoms with Crippen LogP contribution in [0.5, 0.6) is 0 Å². The maximum absolute atomic E-state index is 3.46. The van der Waals surface area contributed by atoms with Gasteiger partial charge in [0.25, 0.3) is 0 Å². The van der Waals surface area contributed by atoms with Crippen molar-refractivity contribution < 1.29 is 0 Å². The lowest BCUT2D eigenvalue weighted by atomic mass is 9.80. The summed E-state index contributed by atoms with van der Waals surface area (Å²) in [4.78, 5) is 5.16. The molecule has 2 rings (SSSR count). The molecule has 2 saturated heterocycles. The highest BCUT2D eigenvalue weighted by atomic mass is 15.2. The minimum absolute atomic E-state index is 0.547. The zero-order chi connectivity index (χ0) is 12.1. The van der Waals surface area contributed by atoms with Gasteiger partial charge in [0.2, 0.25) is 0 Å². The minimum atomic E-state index is 0.547. The second-order valence-electron chi connectivity index (χ2n) is 6.35. The lowest BCUT2D eigenvalue weighted by Crippen LogP contribution is -2.43. The van der Waals surface area contributed by atoms with Gasteiger partial charge in [0, 0.05) is 19.6 Å². The lowest BCUT2D eigenvalue weighted by molar-refractivity contribution is 0.138. The van der Waals surface area contributed by atoms with Gasteiger partial charge >= 0.3 is 0 Å². The number of hydrogen-bond donors (Lipinski definition) is 1. The highest BCUT2D eigenvalue weighted by molar-refractivity contribution is 4.83. The third-order valence-corrected chi connectivity index (χ3v) is 4.46. The van der Waals surface area contributed by atoms with Crippen LogP contribution in [0.4, 0.5) is 0 Å². The molecular formula is C14H29N3. The van der Waals surface area contributed by atoms with Crippen molar-refractivity contribution in [3.63, 3.8) is 0 Å². The molecule has 2 heterocycles. The molecule has 17 heavy (non-hydrogen) atoms. The summed E-state index contributed by atoms with van der Waals surface area (Å²) in [6, 6.07) is 0. The molecule has 0 aliphatic carbocycles. The van der Waals surface area contributed by atoms with E-state index in [2.05, 4.69) is 29.1 Å². The SMILES string of the molecule is CN(CCN1CCCC1)CC1(C)CCNCC1. The molecule has 0 unspecified atom stereocenters. The average Bonchev–Trinajstić information content (AvgIpc) is 2.79. The van der Waals surface area contributed by atoms with Crippen LogP contribution in [-0.4, -0.2) is 62.7 Å². The van der Waals surface area contributed by atoms with Gasteiger partial charge in [-0.2, -0.15) is 0 Å². The summed E-state index contributed by atoms with van der Waals surface area (Å²) in [6.07, 6.45) is 5.49. The summed E-state index contributed by atoms with van der Waals surface area (Å²) < 4.78 is 0. The van der Waals surface area contributed by atoms with Crippen molar-refractivity contribution in [1.82, 2.24) is 15.1 Å². The Morgan fingerprint density at radius 1 is 1.18 bits per heavy atom. The highest BCUT2D eigenvalue weighted by Crippen LogP contribution is 2.28. The molecule has 0 atom stereocenters. The summed E-state index contributed by atoms with van der Waals surface area (Å²) in [5, 5.41) is 3.46. The van der Waals surface area contributed by atoms with Gasteiger partial charge in [0.15, 0.2) is 0 Å². The smallest absolute Gasteiger partial charge is 0.0109 e. The van der Waals surface area contributed by atoms with E-state index in [9.17, 15) is 0 Å². The number of likely N-dealkylation sites (N-methyl/N-ethyl adjacent to an activating group) is 1. The molecule has 0 aromatic heterocycles. The fourth-order valence-electron chi connectivity index (χ4n) is 3.24. The molecule has 0 aromatic rings. The Morgan fingerprint density at radius 2 is 1.82 bits per heavy atom. The van der Waals surface area contributed by atoms with Crippen LogP contribution in [0.3, 0.4) is 0 Å². The summed E-state index contributed by atoms with van der Waals surface area (Å²) in [7, 11) is 2.29. The molecule has 3 heteroatoms. The molecule has 2 aliphatic rings. The quantitative estimate of drug-likeness (QED) is 0.782. The Bertz CT molecular complexity index is 218. The van der Waals surface area contributed by atoms with Gasteiger partial charge in [-0.15, -0.1) is 0 Å². The van der Waals surface area contributed by atoms with E-state index < -0.39 is 0 Å². The van der Waals surface area contributed by atoms with E-state index in [4.69, 9.17) is 0 Å². The van der Waals surface area contributed by atoms with E-state index in [1.165, 1.54) is 71.5 Å². The minimum Gasteiger partial charge on any atom is -0.317 e. The zero-order valence-corrected chi connectivity index (χ0v) is 11.7. The van der Waals surface area contributed by atoms with Gasteiger partial charge in [-0.3, -0.25) is 0 Å². The standard InChI is InChI=1S/C14H29N3/c1-14(5-7-15-8-6-14)13-16(2)11-12-17-9-3-4-10-17/h15H,3-13H2,1-2H3. The van der Waals surface area contributed by atoms with Crippen LogP contribution in [0.1, 0.15) is 32.6 Å². The topological polar surface area (TPSA) is 18.5 Å². The van der Waals surface area contributed by atoms with Crippen LogP contribution in [0.15, 0.2) is 0 Å². The van der Waals surface area contributed by atoms with E-state index in [1.54, 1.807) is 0 Å². The number of rotatable bonds is 5. The van der Waals surface area contributed by atoms with Crippen molar-refractivity contribution in [2.75, 3.05) is 52.9 Å². The molecule has 2 aliphatic heterocycles. The van der Waals surface area contributed by atoms with Crippen molar-refractivity contribution in [3.05, 3.63) is 0 Å². The predicted molar refractivity (Wildman–Crippen MR) is 73.4 cm³/mol. The summed E-state index contributed by atoms with van der Waals surface area (Å²) >= 11 is 0. The van der Waals surface area contributed by atoms with Crippen molar-refractivity contribution in [2.45, 2.75) is 32.6 Å². The Hall–Kier alpha value is -0.120. The second kappa shape index (κ2) is 6.17.